The molecule has 0 aromatic carbocycles. The molecule has 60 valence electrons. The van der Waals surface area contributed by atoms with Crippen LogP contribution in [0.25, 0.3) is 6.08 Å². The second-order valence-electron chi connectivity index (χ2n) is 2.58. The van der Waals surface area contributed by atoms with Gasteiger partial charge >= 0.3 is 0 Å². The van der Waals surface area contributed by atoms with Crippen LogP contribution in [0.5, 0.6) is 0 Å². The number of aliphatic hydroxyl groups is 1. The van der Waals surface area contributed by atoms with E-state index in [4.69, 9.17) is 9.52 Å². The molecule has 1 aromatic heterocycles. The number of hydrogen-bond donors (Lipinski definition) is 1. The van der Waals surface area contributed by atoms with Gasteiger partial charge < -0.3 is 9.52 Å². The minimum Gasteiger partial charge on any atom is -0.469 e. The minimum atomic E-state index is 0.102. The zero-order valence-electron chi connectivity index (χ0n) is 6.79. The fourth-order valence-electron chi connectivity index (χ4n) is 0.856. The largest absolute Gasteiger partial charge is 0.469 e. The molecule has 0 spiro atoms. The normalized spacial score (nSPS) is 12.1. The highest BCUT2D eigenvalue weighted by atomic mass is 16.3. The molecule has 1 aromatic rings. The highest BCUT2D eigenvalue weighted by Gasteiger charge is 1.96. The Morgan fingerprint density at radius 2 is 2.45 bits per heavy atom. The van der Waals surface area contributed by atoms with Crippen LogP contribution in [0.4, 0.5) is 0 Å². The van der Waals surface area contributed by atoms with Gasteiger partial charge in [-0.05, 0) is 25.5 Å². The van der Waals surface area contributed by atoms with Crippen LogP contribution in [0.3, 0.4) is 0 Å². The maximum atomic E-state index is 8.73. The van der Waals surface area contributed by atoms with E-state index >= 15 is 0 Å². The second-order valence-corrected chi connectivity index (χ2v) is 2.58. The van der Waals surface area contributed by atoms with Gasteiger partial charge in [0.25, 0.3) is 0 Å². The Morgan fingerprint density at radius 3 is 2.91 bits per heavy atom. The van der Waals surface area contributed by atoms with Crippen molar-refractivity contribution in [1.82, 2.24) is 0 Å². The van der Waals surface area contributed by atoms with Gasteiger partial charge in [0.15, 0.2) is 0 Å². The summed E-state index contributed by atoms with van der Waals surface area (Å²) in [6.07, 6.45) is 3.56. The van der Waals surface area contributed by atoms with E-state index in [-0.39, 0.29) is 6.61 Å². The Bertz CT molecular complexity index is 258. The standard InChI is InChI=1S/C9H12O2/c1-7(6-10)5-9-3-4-11-8(9)2/h3-5,10H,6H2,1-2H3/b7-5-. The number of hydrogen-bond acceptors (Lipinski definition) is 2. The molecular weight excluding hydrogens is 140 g/mol. The van der Waals surface area contributed by atoms with Crippen LogP contribution in [-0.4, -0.2) is 11.7 Å². The summed E-state index contributed by atoms with van der Waals surface area (Å²) >= 11 is 0. The van der Waals surface area contributed by atoms with Crippen LogP contribution in [-0.2, 0) is 0 Å². The predicted molar refractivity (Wildman–Crippen MR) is 44.2 cm³/mol. The molecule has 2 nitrogen and oxygen atoms in total. The first-order chi connectivity index (χ1) is 5.24. The lowest BCUT2D eigenvalue weighted by Crippen LogP contribution is -1.83. The van der Waals surface area contributed by atoms with Gasteiger partial charge in [0.2, 0.25) is 0 Å². The lowest BCUT2D eigenvalue weighted by molar-refractivity contribution is 0.332. The van der Waals surface area contributed by atoms with Crippen molar-refractivity contribution in [1.29, 1.82) is 0 Å². The predicted octanol–water partition coefficient (Wildman–Crippen LogP) is 1.98. The van der Waals surface area contributed by atoms with Crippen molar-refractivity contribution in [3.8, 4) is 0 Å². The van der Waals surface area contributed by atoms with Gasteiger partial charge in [-0.2, -0.15) is 0 Å². The molecule has 0 aliphatic heterocycles. The summed E-state index contributed by atoms with van der Waals surface area (Å²) in [7, 11) is 0. The number of furan rings is 1. The first-order valence-corrected chi connectivity index (χ1v) is 3.56. The van der Waals surface area contributed by atoms with Gasteiger partial charge in [-0.1, -0.05) is 6.08 Å². The summed E-state index contributed by atoms with van der Waals surface area (Å²) in [5, 5.41) is 8.73. The molecule has 0 aliphatic rings. The van der Waals surface area contributed by atoms with Crippen molar-refractivity contribution < 1.29 is 9.52 Å². The van der Waals surface area contributed by atoms with Gasteiger partial charge in [-0.15, -0.1) is 0 Å². The molecule has 0 saturated heterocycles. The Hall–Kier alpha value is -1.02. The first kappa shape index (κ1) is 8.08. The molecule has 11 heavy (non-hydrogen) atoms. The molecule has 0 unspecified atom stereocenters. The van der Waals surface area contributed by atoms with Gasteiger partial charge in [0.05, 0.1) is 12.9 Å². The minimum absolute atomic E-state index is 0.102. The van der Waals surface area contributed by atoms with Crippen LogP contribution in [0.2, 0.25) is 0 Å². The Balaban J connectivity index is 2.86. The SMILES string of the molecule is C/C(=C/c1ccoc1C)CO. The van der Waals surface area contributed by atoms with Gasteiger partial charge in [-0.25, -0.2) is 0 Å². The molecule has 0 aliphatic carbocycles. The van der Waals surface area contributed by atoms with Gasteiger partial charge in [0, 0.05) is 5.56 Å². The van der Waals surface area contributed by atoms with Crippen LogP contribution in [0.1, 0.15) is 18.2 Å². The van der Waals surface area contributed by atoms with Crippen LogP contribution >= 0.6 is 0 Å². The molecule has 1 rings (SSSR count). The maximum absolute atomic E-state index is 8.73. The van der Waals surface area contributed by atoms with E-state index < -0.39 is 0 Å². The van der Waals surface area contributed by atoms with E-state index in [1.807, 2.05) is 26.0 Å². The summed E-state index contributed by atoms with van der Waals surface area (Å²) in [6.45, 7) is 3.88. The zero-order valence-corrected chi connectivity index (χ0v) is 6.79. The molecule has 0 fully saturated rings. The lowest BCUT2D eigenvalue weighted by atomic mass is 10.2. The third kappa shape index (κ3) is 1.95. The van der Waals surface area contributed by atoms with E-state index in [0.29, 0.717) is 0 Å². The van der Waals surface area contributed by atoms with Gasteiger partial charge in [0.1, 0.15) is 5.76 Å². The maximum Gasteiger partial charge on any atom is 0.107 e. The number of aryl methyl sites for hydroxylation is 1. The highest BCUT2D eigenvalue weighted by molar-refractivity contribution is 5.53. The van der Waals surface area contributed by atoms with Crippen LogP contribution < -0.4 is 0 Å². The summed E-state index contributed by atoms with van der Waals surface area (Å²) in [5.41, 5.74) is 1.98. The molecule has 1 N–H and O–H groups in total. The highest BCUT2D eigenvalue weighted by Crippen LogP contribution is 2.12. The number of rotatable bonds is 2. The molecule has 0 bridgehead atoms. The molecule has 0 saturated carbocycles. The average molecular weight is 152 g/mol. The summed E-state index contributed by atoms with van der Waals surface area (Å²) in [5.74, 6) is 0.887. The van der Waals surface area contributed by atoms with E-state index in [9.17, 15) is 0 Å². The first-order valence-electron chi connectivity index (χ1n) is 3.56. The van der Waals surface area contributed by atoms with Crippen LogP contribution in [0, 0.1) is 6.92 Å². The molecule has 2 heteroatoms. The van der Waals surface area contributed by atoms with Crippen molar-refractivity contribution in [3.05, 3.63) is 29.2 Å². The van der Waals surface area contributed by atoms with Crippen molar-refractivity contribution in [3.63, 3.8) is 0 Å². The van der Waals surface area contributed by atoms with Crippen molar-refractivity contribution in [2.45, 2.75) is 13.8 Å². The van der Waals surface area contributed by atoms with E-state index in [0.717, 1.165) is 16.9 Å². The second kappa shape index (κ2) is 3.39. The molecule has 0 amide bonds. The molecule has 0 radical (unpaired) electrons. The Kier molecular flexibility index (Phi) is 2.49. The molecule has 0 atom stereocenters. The summed E-state index contributed by atoms with van der Waals surface area (Å²) in [4.78, 5) is 0. The van der Waals surface area contributed by atoms with Crippen molar-refractivity contribution >= 4 is 6.08 Å². The lowest BCUT2D eigenvalue weighted by Gasteiger charge is -1.92. The molecule has 1 heterocycles. The smallest absolute Gasteiger partial charge is 0.107 e. The third-order valence-corrected chi connectivity index (χ3v) is 1.55. The van der Waals surface area contributed by atoms with Crippen molar-refractivity contribution in [2.75, 3.05) is 6.61 Å². The van der Waals surface area contributed by atoms with Crippen LogP contribution in [0.15, 0.2) is 22.3 Å². The quantitative estimate of drug-likeness (QED) is 0.703. The Labute approximate surface area is 66.2 Å². The van der Waals surface area contributed by atoms with E-state index in [1.54, 1.807) is 6.26 Å². The van der Waals surface area contributed by atoms with E-state index in [1.165, 1.54) is 0 Å². The Morgan fingerprint density at radius 1 is 1.73 bits per heavy atom. The molecular formula is C9H12O2. The zero-order chi connectivity index (χ0) is 8.27. The van der Waals surface area contributed by atoms with Gasteiger partial charge in [-0.3, -0.25) is 0 Å². The third-order valence-electron chi connectivity index (χ3n) is 1.55. The topological polar surface area (TPSA) is 33.4 Å². The summed E-state index contributed by atoms with van der Waals surface area (Å²) < 4.78 is 5.08. The van der Waals surface area contributed by atoms with Crippen molar-refractivity contribution in [2.24, 2.45) is 0 Å². The van der Waals surface area contributed by atoms with E-state index in [2.05, 4.69) is 0 Å². The summed E-state index contributed by atoms with van der Waals surface area (Å²) in [6, 6.07) is 1.88. The average Bonchev–Trinajstić information content (AvgIpc) is 2.37. The fourth-order valence-corrected chi connectivity index (χ4v) is 0.856. The number of aliphatic hydroxyl groups excluding tert-OH is 1. The fraction of sp³-hybridized carbons (Fsp3) is 0.333. The monoisotopic (exact) mass is 152 g/mol.